The molecule has 0 saturated heterocycles. The van der Waals surface area contributed by atoms with Gasteiger partial charge in [-0.25, -0.2) is 4.79 Å². The van der Waals surface area contributed by atoms with Crippen molar-refractivity contribution in [3.05, 3.63) is 0 Å². The third-order valence-corrected chi connectivity index (χ3v) is 1.16. The molecule has 0 unspecified atom stereocenters. The van der Waals surface area contributed by atoms with Gasteiger partial charge in [-0.05, 0) is 6.42 Å². The molecule has 0 rings (SSSR count). The molecular formula is C6H10O5. The standard InChI is InChI=1S/C6H10O5/c7-3-1-2-4(8)5(9)6(10)11/h3-5,8-9H,1-2H2,(H,10,11)/t4-,5-/m0/s1/i3D. The van der Waals surface area contributed by atoms with E-state index in [4.69, 9.17) is 16.7 Å². The van der Waals surface area contributed by atoms with Gasteiger partial charge in [-0.2, -0.15) is 0 Å². The van der Waals surface area contributed by atoms with Crippen molar-refractivity contribution >= 4 is 12.2 Å². The lowest BCUT2D eigenvalue weighted by atomic mass is 10.1. The minimum atomic E-state index is -1.88. The highest BCUT2D eigenvalue weighted by atomic mass is 16.4. The number of hydrogen-bond donors (Lipinski definition) is 3. The summed E-state index contributed by atoms with van der Waals surface area (Å²) in [6, 6.07) is 0. The lowest BCUT2D eigenvalue weighted by Crippen LogP contribution is -2.33. The first-order chi connectivity index (χ1) is 5.45. The molecule has 0 saturated carbocycles. The van der Waals surface area contributed by atoms with Crippen molar-refractivity contribution in [3.63, 3.8) is 0 Å². The summed E-state index contributed by atoms with van der Waals surface area (Å²) in [7, 11) is 0. The summed E-state index contributed by atoms with van der Waals surface area (Å²) in [4.78, 5) is 20.1. The first-order valence-electron chi connectivity index (χ1n) is 3.53. The van der Waals surface area contributed by atoms with Crippen molar-refractivity contribution in [2.75, 3.05) is 0 Å². The number of aliphatic hydroxyl groups is 2. The third-order valence-electron chi connectivity index (χ3n) is 1.16. The SMILES string of the molecule is [2H]C(=O)CC[C@H](O)[C@H](O)C(=O)O. The maximum Gasteiger partial charge on any atom is 0.335 e. The molecule has 0 bridgehead atoms. The molecule has 0 aliphatic rings. The van der Waals surface area contributed by atoms with Gasteiger partial charge >= 0.3 is 5.97 Å². The van der Waals surface area contributed by atoms with E-state index in [9.17, 15) is 9.59 Å². The number of hydrogen-bond acceptors (Lipinski definition) is 4. The second kappa shape index (κ2) is 4.81. The normalized spacial score (nSPS) is 16.7. The van der Waals surface area contributed by atoms with Crippen molar-refractivity contribution in [2.24, 2.45) is 0 Å². The van der Waals surface area contributed by atoms with Gasteiger partial charge in [0.05, 0.1) is 6.10 Å². The largest absolute Gasteiger partial charge is 0.479 e. The second-order valence-corrected chi connectivity index (χ2v) is 2.03. The van der Waals surface area contributed by atoms with Crippen LogP contribution in [0.5, 0.6) is 0 Å². The van der Waals surface area contributed by atoms with Crippen LogP contribution in [-0.2, 0) is 9.59 Å². The first kappa shape index (κ1) is 8.16. The molecule has 0 amide bonds. The Kier molecular flexibility index (Phi) is 3.57. The Morgan fingerprint density at radius 3 is 2.55 bits per heavy atom. The van der Waals surface area contributed by atoms with Crippen LogP contribution in [-0.4, -0.2) is 39.8 Å². The average Bonchev–Trinajstić information content (AvgIpc) is 1.98. The van der Waals surface area contributed by atoms with E-state index in [0.717, 1.165) is 0 Å². The number of carbonyl (C=O) groups excluding carboxylic acids is 1. The predicted octanol–water partition coefficient (Wildman–Crippen LogP) is -1.23. The molecule has 11 heavy (non-hydrogen) atoms. The Morgan fingerprint density at radius 2 is 2.18 bits per heavy atom. The Hall–Kier alpha value is -0.940. The molecule has 64 valence electrons. The Bertz CT molecular complexity index is 181. The number of aliphatic carboxylic acids is 1. The minimum Gasteiger partial charge on any atom is -0.479 e. The molecule has 0 radical (unpaired) electrons. The predicted molar refractivity (Wildman–Crippen MR) is 34.9 cm³/mol. The molecule has 0 aromatic heterocycles. The zero-order chi connectivity index (χ0) is 9.72. The highest BCUT2D eigenvalue weighted by Gasteiger charge is 2.22. The molecule has 0 heterocycles. The van der Waals surface area contributed by atoms with E-state index in [0.29, 0.717) is 0 Å². The maximum absolute atomic E-state index is 10.1. The summed E-state index contributed by atoms with van der Waals surface area (Å²) in [6.07, 6.45) is -4.74. The summed E-state index contributed by atoms with van der Waals surface area (Å²) in [5.41, 5.74) is 0. The van der Waals surface area contributed by atoms with Gasteiger partial charge in [0.15, 0.2) is 6.10 Å². The van der Waals surface area contributed by atoms with Gasteiger partial charge in [0.1, 0.15) is 7.63 Å². The number of aldehydes is 1. The molecule has 5 nitrogen and oxygen atoms in total. The number of aliphatic hydroxyl groups excluding tert-OH is 2. The quantitative estimate of drug-likeness (QED) is 0.441. The lowest BCUT2D eigenvalue weighted by molar-refractivity contribution is -0.153. The Morgan fingerprint density at radius 1 is 1.64 bits per heavy atom. The van der Waals surface area contributed by atoms with Crippen molar-refractivity contribution in [2.45, 2.75) is 25.0 Å². The maximum atomic E-state index is 10.1. The number of carboxylic acid groups (broad SMARTS) is 1. The van der Waals surface area contributed by atoms with Gasteiger partial charge in [0.25, 0.3) is 0 Å². The first-order valence-corrected chi connectivity index (χ1v) is 3.03. The van der Waals surface area contributed by atoms with E-state index in [1.165, 1.54) is 0 Å². The van der Waals surface area contributed by atoms with Crippen LogP contribution in [0.3, 0.4) is 0 Å². The lowest BCUT2D eigenvalue weighted by Gasteiger charge is -2.11. The summed E-state index contributed by atoms with van der Waals surface area (Å²) in [5.74, 6) is -1.54. The monoisotopic (exact) mass is 163 g/mol. The van der Waals surface area contributed by atoms with E-state index >= 15 is 0 Å². The molecule has 2 atom stereocenters. The van der Waals surface area contributed by atoms with Crippen LogP contribution in [0.1, 0.15) is 14.2 Å². The zero-order valence-electron chi connectivity index (χ0n) is 6.73. The smallest absolute Gasteiger partial charge is 0.335 e. The van der Waals surface area contributed by atoms with Gasteiger partial charge < -0.3 is 20.1 Å². The van der Waals surface area contributed by atoms with E-state index < -0.39 is 24.4 Å². The average molecular weight is 163 g/mol. The van der Waals surface area contributed by atoms with Crippen LogP contribution < -0.4 is 0 Å². The topological polar surface area (TPSA) is 94.8 Å². The fourth-order valence-electron chi connectivity index (χ4n) is 0.529. The van der Waals surface area contributed by atoms with Gasteiger partial charge in [0, 0.05) is 6.42 Å². The summed E-state index contributed by atoms with van der Waals surface area (Å²) in [5, 5.41) is 25.7. The third kappa shape index (κ3) is 3.69. The summed E-state index contributed by atoms with van der Waals surface area (Å²) in [6.45, 7) is 0. The second-order valence-electron chi connectivity index (χ2n) is 2.03. The highest BCUT2D eigenvalue weighted by molar-refractivity contribution is 5.72. The number of carboxylic acids is 1. The van der Waals surface area contributed by atoms with Crippen LogP contribution in [0.2, 0.25) is 0 Å². The summed E-state index contributed by atoms with van der Waals surface area (Å²) >= 11 is 0. The molecule has 0 aliphatic carbocycles. The van der Waals surface area contributed by atoms with E-state index in [1.807, 2.05) is 0 Å². The molecule has 3 N–H and O–H groups in total. The number of rotatable bonds is 5. The molecule has 0 fully saturated rings. The highest BCUT2D eigenvalue weighted by Crippen LogP contribution is 2.00. The Labute approximate surface area is 64.7 Å². The van der Waals surface area contributed by atoms with Gasteiger partial charge in [-0.1, -0.05) is 0 Å². The van der Waals surface area contributed by atoms with E-state index in [-0.39, 0.29) is 12.8 Å². The molecule has 0 aliphatic heterocycles. The van der Waals surface area contributed by atoms with Crippen LogP contribution in [0.15, 0.2) is 0 Å². The van der Waals surface area contributed by atoms with E-state index in [2.05, 4.69) is 0 Å². The van der Waals surface area contributed by atoms with Crippen LogP contribution in [0.25, 0.3) is 0 Å². The van der Waals surface area contributed by atoms with Crippen molar-refractivity contribution in [3.8, 4) is 0 Å². The van der Waals surface area contributed by atoms with Crippen LogP contribution in [0.4, 0.5) is 0 Å². The zero-order valence-corrected chi connectivity index (χ0v) is 5.73. The fraction of sp³-hybridized carbons (Fsp3) is 0.667. The minimum absolute atomic E-state index is 0.212. The van der Waals surface area contributed by atoms with Gasteiger partial charge in [0.2, 0.25) is 0 Å². The van der Waals surface area contributed by atoms with E-state index in [1.54, 1.807) is 0 Å². The van der Waals surface area contributed by atoms with Crippen molar-refractivity contribution < 1.29 is 26.3 Å². The molecule has 5 heteroatoms. The Balaban J connectivity index is 3.79. The van der Waals surface area contributed by atoms with Crippen LogP contribution >= 0.6 is 0 Å². The van der Waals surface area contributed by atoms with Crippen molar-refractivity contribution in [1.29, 1.82) is 0 Å². The molecule has 0 aromatic carbocycles. The molecule has 0 spiro atoms. The fourth-order valence-corrected chi connectivity index (χ4v) is 0.529. The summed E-state index contributed by atoms with van der Waals surface area (Å²) < 4.78 is 6.44. The molecule has 0 aromatic rings. The van der Waals surface area contributed by atoms with Crippen LogP contribution in [0, 0.1) is 0 Å². The number of carbonyl (C=O) groups is 2. The molecular weight excluding hydrogens is 152 g/mol. The van der Waals surface area contributed by atoms with Gasteiger partial charge in [-0.3, -0.25) is 0 Å². The van der Waals surface area contributed by atoms with Gasteiger partial charge in [-0.15, -0.1) is 0 Å². The van der Waals surface area contributed by atoms with Crippen molar-refractivity contribution in [1.82, 2.24) is 0 Å².